The van der Waals surface area contributed by atoms with Crippen molar-refractivity contribution in [3.05, 3.63) is 28.2 Å². The van der Waals surface area contributed by atoms with Crippen LogP contribution in [-0.4, -0.2) is 29.1 Å². The molecule has 0 aliphatic heterocycles. The van der Waals surface area contributed by atoms with Gasteiger partial charge in [0.15, 0.2) is 0 Å². The lowest BCUT2D eigenvalue weighted by molar-refractivity contribution is -0.140. The molecule has 0 bridgehead atoms. The number of nitrogens with one attached hydrogen (secondary N) is 2. The maximum absolute atomic E-state index is 12.1. The van der Waals surface area contributed by atoms with E-state index >= 15 is 0 Å². The quantitative estimate of drug-likeness (QED) is 0.686. The van der Waals surface area contributed by atoms with Crippen LogP contribution in [0.25, 0.3) is 0 Å². The average Bonchev–Trinajstić information content (AvgIpc) is 2.42. The predicted octanol–water partition coefficient (Wildman–Crippen LogP) is 3.59. The minimum absolute atomic E-state index is 0. The molecule has 0 heterocycles. The van der Waals surface area contributed by atoms with Gasteiger partial charge in [0.25, 0.3) is 0 Å². The Balaban J connectivity index is 0.00000441. The molecule has 2 atom stereocenters. The summed E-state index contributed by atoms with van der Waals surface area (Å²) in [7, 11) is 0. The summed E-state index contributed by atoms with van der Waals surface area (Å²) >= 11 is 11.8. The molecule has 0 saturated carbocycles. The molecule has 0 fully saturated rings. The van der Waals surface area contributed by atoms with E-state index in [9.17, 15) is 9.59 Å². The lowest BCUT2D eigenvalue weighted by atomic mass is 10.1. The molecule has 1 rings (SSSR count). The minimum atomic E-state index is -0.975. The van der Waals surface area contributed by atoms with Crippen molar-refractivity contribution in [2.24, 2.45) is 0 Å². The van der Waals surface area contributed by atoms with Crippen LogP contribution in [0.3, 0.4) is 0 Å². The summed E-state index contributed by atoms with van der Waals surface area (Å²) in [5.74, 6) is -1.35. The molecule has 22 heavy (non-hydrogen) atoms. The fourth-order valence-corrected chi connectivity index (χ4v) is 2.12. The third kappa shape index (κ3) is 6.40. The van der Waals surface area contributed by atoms with E-state index in [4.69, 9.17) is 28.3 Å². The maximum Gasteiger partial charge on any atom is 0.320 e. The largest absolute Gasteiger partial charge is 0.480 e. The number of carbonyl (C=O) groups is 2. The fourth-order valence-electron chi connectivity index (χ4n) is 1.78. The van der Waals surface area contributed by atoms with Gasteiger partial charge in [-0.2, -0.15) is 0 Å². The molecule has 0 aromatic heterocycles. The molecule has 1 amide bonds. The Morgan fingerprint density at radius 1 is 1.32 bits per heavy atom. The molecule has 8 heteroatoms. The van der Waals surface area contributed by atoms with Gasteiger partial charge in [-0.15, -0.1) is 12.4 Å². The summed E-state index contributed by atoms with van der Waals surface area (Å²) in [4.78, 5) is 23.1. The van der Waals surface area contributed by atoms with E-state index in [1.54, 1.807) is 19.1 Å². The van der Waals surface area contributed by atoms with Crippen molar-refractivity contribution in [1.82, 2.24) is 5.32 Å². The summed E-state index contributed by atoms with van der Waals surface area (Å²) in [6, 6.07) is 3.30. The Morgan fingerprint density at radius 2 is 1.95 bits per heavy atom. The Labute approximate surface area is 145 Å². The van der Waals surface area contributed by atoms with Crippen LogP contribution in [0.5, 0.6) is 0 Å². The zero-order valence-corrected chi connectivity index (χ0v) is 14.6. The highest BCUT2D eigenvalue weighted by atomic mass is 35.5. The molecular formula is C14H19Cl3N2O3. The van der Waals surface area contributed by atoms with E-state index in [-0.39, 0.29) is 18.3 Å². The first-order chi connectivity index (χ1) is 9.85. The highest BCUT2D eigenvalue weighted by Gasteiger charge is 2.22. The summed E-state index contributed by atoms with van der Waals surface area (Å²) in [5.41, 5.74) is 0.394. The standard InChI is InChI=1S/C14H18Cl2N2O3.ClH/c1-3-4-11(14(20)21)17-8(2)13(19)18-12-7-9(15)5-6-10(12)16;/h5-8,11,17H,3-4H2,1-2H3,(H,18,19)(H,20,21);1H. The first-order valence-corrected chi connectivity index (χ1v) is 7.35. The Morgan fingerprint density at radius 3 is 2.50 bits per heavy atom. The van der Waals surface area contributed by atoms with Crippen molar-refractivity contribution < 1.29 is 14.7 Å². The first-order valence-electron chi connectivity index (χ1n) is 6.60. The van der Waals surface area contributed by atoms with Crippen LogP contribution in [0.1, 0.15) is 26.7 Å². The summed E-state index contributed by atoms with van der Waals surface area (Å²) in [5, 5.41) is 15.3. The van der Waals surface area contributed by atoms with Gasteiger partial charge in [-0.05, 0) is 31.5 Å². The predicted molar refractivity (Wildman–Crippen MR) is 91.3 cm³/mol. The molecule has 0 aliphatic rings. The Kier molecular flexibility index (Phi) is 9.44. The maximum atomic E-state index is 12.1. The molecule has 0 saturated heterocycles. The van der Waals surface area contributed by atoms with Gasteiger partial charge in [0.2, 0.25) is 5.91 Å². The van der Waals surface area contributed by atoms with E-state index < -0.39 is 18.1 Å². The summed E-state index contributed by atoms with van der Waals surface area (Å²) in [6.45, 7) is 3.48. The number of aliphatic carboxylic acids is 1. The Hall–Kier alpha value is -1.01. The molecule has 124 valence electrons. The lowest BCUT2D eigenvalue weighted by Crippen LogP contribution is -2.47. The van der Waals surface area contributed by atoms with Crippen molar-refractivity contribution in [3.63, 3.8) is 0 Å². The number of hydrogen-bond donors (Lipinski definition) is 3. The summed E-state index contributed by atoms with van der Waals surface area (Å²) < 4.78 is 0. The SMILES string of the molecule is CCCC(NC(C)C(=O)Nc1cc(Cl)ccc1Cl)C(=O)O.Cl. The number of halogens is 3. The van der Waals surface area contributed by atoms with Gasteiger partial charge in [0, 0.05) is 5.02 Å². The van der Waals surface area contributed by atoms with Gasteiger partial charge in [0.1, 0.15) is 6.04 Å². The second kappa shape index (κ2) is 9.90. The smallest absolute Gasteiger partial charge is 0.320 e. The number of carboxylic acid groups (broad SMARTS) is 1. The number of carbonyl (C=O) groups excluding carboxylic acids is 1. The van der Waals surface area contributed by atoms with Gasteiger partial charge in [-0.25, -0.2) is 0 Å². The fraction of sp³-hybridized carbons (Fsp3) is 0.429. The van der Waals surface area contributed by atoms with E-state index in [1.165, 1.54) is 6.07 Å². The van der Waals surface area contributed by atoms with E-state index in [1.807, 2.05) is 6.92 Å². The zero-order valence-electron chi connectivity index (χ0n) is 12.2. The monoisotopic (exact) mass is 368 g/mol. The van der Waals surface area contributed by atoms with Gasteiger partial charge < -0.3 is 10.4 Å². The average molecular weight is 370 g/mol. The van der Waals surface area contributed by atoms with E-state index in [2.05, 4.69) is 10.6 Å². The topological polar surface area (TPSA) is 78.4 Å². The molecular weight excluding hydrogens is 351 g/mol. The minimum Gasteiger partial charge on any atom is -0.480 e. The molecule has 3 N–H and O–H groups in total. The number of hydrogen-bond acceptors (Lipinski definition) is 3. The van der Waals surface area contributed by atoms with Crippen molar-refractivity contribution in [1.29, 1.82) is 0 Å². The van der Waals surface area contributed by atoms with Crippen molar-refractivity contribution in [3.8, 4) is 0 Å². The third-order valence-corrected chi connectivity index (χ3v) is 3.47. The van der Waals surface area contributed by atoms with Gasteiger partial charge in [0.05, 0.1) is 16.8 Å². The molecule has 1 aromatic rings. The van der Waals surface area contributed by atoms with Crippen LogP contribution in [-0.2, 0) is 9.59 Å². The molecule has 0 spiro atoms. The van der Waals surface area contributed by atoms with Gasteiger partial charge in [-0.3, -0.25) is 14.9 Å². The van der Waals surface area contributed by atoms with Crippen LogP contribution < -0.4 is 10.6 Å². The van der Waals surface area contributed by atoms with Crippen LogP contribution in [0.15, 0.2) is 18.2 Å². The van der Waals surface area contributed by atoms with Gasteiger partial charge >= 0.3 is 5.97 Å². The van der Waals surface area contributed by atoms with Crippen LogP contribution >= 0.6 is 35.6 Å². The molecule has 0 aliphatic carbocycles. The van der Waals surface area contributed by atoms with E-state index in [0.29, 0.717) is 28.6 Å². The highest BCUT2D eigenvalue weighted by molar-refractivity contribution is 6.35. The van der Waals surface area contributed by atoms with Crippen LogP contribution in [0.4, 0.5) is 5.69 Å². The molecule has 5 nitrogen and oxygen atoms in total. The Bertz CT molecular complexity index is 526. The summed E-state index contributed by atoms with van der Waals surface area (Å²) in [6.07, 6.45) is 1.16. The normalized spacial score (nSPS) is 12.9. The van der Waals surface area contributed by atoms with E-state index in [0.717, 1.165) is 0 Å². The second-order valence-electron chi connectivity index (χ2n) is 4.68. The third-order valence-electron chi connectivity index (χ3n) is 2.91. The first kappa shape index (κ1) is 21.0. The van der Waals surface area contributed by atoms with Crippen LogP contribution in [0.2, 0.25) is 10.0 Å². The van der Waals surface area contributed by atoms with Crippen molar-refractivity contribution in [2.45, 2.75) is 38.8 Å². The number of carboxylic acids is 1. The molecule has 1 aromatic carbocycles. The van der Waals surface area contributed by atoms with Crippen LogP contribution in [0, 0.1) is 0 Å². The van der Waals surface area contributed by atoms with Crippen molar-refractivity contribution in [2.75, 3.05) is 5.32 Å². The number of anilines is 1. The second-order valence-corrected chi connectivity index (χ2v) is 5.52. The molecule has 2 unspecified atom stereocenters. The number of amides is 1. The number of rotatable bonds is 7. The van der Waals surface area contributed by atoms with Crippen molar-refractivity contribution >= 4 is 53.2 Å². The zero-order chi connectivity index (χ0) is 16.0. The highest BCUT2D eigenvalue weighted by Crippen LogP contribution is 2.25. The lowest BCUT2D eigenvalue weighted by Gasteiger charge is -2.19. The number of benzene rings is 1. The van der Waals surface area contributed by atoms with Gasteiger partial charge in [-0.1, -0.05) is 36.5 Å². The molecule has 0 radical (unpaired) electrons.